The molecule has 1 aromatic carbocycles. The van der Waals surface area contributed by atoms with Gasteiger partial charge in [-0.3, -0.25) is 0 Å². The molecule has 9 nitrogen and oxygen atoms in total. The molecule has 0 aliphatic carbocycles. The maximum Gasteiger partial charge on any atom is 0.314 e. The Labute approximate surface area is 199 Å². The van der Waals surface area contributed by atoms with Gasteiger partial charge in [-0.15, -0.1) is 15.3 Å². The summed E-state index contributed by atoms with van der Waals surface area (Å²) in [5.74, 6) is -0.635. The van der Waals surface area contributed by atoms with Crippen molar-refractivity contribution in [1.82, 2.24) is 35.1 Å². The van der Waals surface area contributed by atoms with Gasteiger partial charge in [-0.05, 0) is 30.8 Å². The topological polar surface area (TPSA) is 89.0 Å². The molecular formula is C23H23F3N8O. The van der Waals surface area contributed by atoms with E-state index in [9.17, 15) is 13.2 Å². The van der Waals surface area contributed by atoms with Crippen molar-refractivity contribution in [3.63, 3.8) is 0 Å². The van der Waals surface area contributed by atoms with Crippen molar-refractivity contribution < 1.29 is 17.6 Å². The molecule has 0 unspecified atom stereocenters. The van der Waals surface area contributed by atoms with Crippen molar-refractivity contribution in [2.24, 2.45) is 0 Å². The van der Waals surface area contributed by atoms with Gasteiger partial charge in [0.15, 0.2) is 0 Å². The average molecular weight is 484 g/mol. The standard InChI is InChI=1S/C23H23F3N8O/c1-2-32-8-10-33(11-9-32)20-5-3-4-18(27-20)19-14-34(31-28-19)13-16-7-6-15(12-17(16)24)22-29-30-23(35-22)21(25)26/h3-7,12,14,21H,2,8-11,13H2,1H3. The minimum atomic E-state index is -2.89. The Morgan fingerprint density at radius 2 is 1.83 bits per heavy atom. The SMILES string of the molecule is CCN1CCN(c2cccc(-c3cn(Cc4ccc(-c5nnc(C(F)F)o5)cc4F)nn3)n2)CC1. The molecule has 1 aliphatic rings. The van der Waals surface area contributed by atoms with Gasteiger partial charge in [0.2, 0.25) is 5.89 Å². The van der Waals surface area contributed by atoms with E-state index in [4.69, 9.17) is 9.40 Å². The van der Waals surface area contributed by atoms with Crippen LogP contribution in [0.25, 0.3) is 22.8 Å². The molecule has 0 saturated carbocycles. The van der Waals surface area contributed by atoms with Gasteiger partial charge < -0.3 is 14.2 Å². The molecule has 4 heterocycles. The van der Waals surface area contributed by atoms with E-state index in [-0.39, 0.29) is 18.0 Å². The second-order valence-electron chi connectivity index (χ2n) is 8.16. The number of likely N-dealkylation sites (N-methyl/N-ethyl adjacent to an activating group) is 1. The third kappa shape index (κ3) is 5.02. The normalized spacial score (nSPS) is 14.7. The van der Waals surface area contributed by atoms with Crippen LogP contribution in [-0.2, 0) is 6.54 Å². The number of anilines is 1. The number of benzene rings is 1. The molecule has 0 N–H and O–H groups in total. The maximum absolute atomic E-state index is 14.7. The highest BCUT2D eigenvalue weighted by molar-refractivity contribution is 5.57. The van der Waals surface area contributed by atoms with Gasteiger partial charge in [0.25, 0.3) is 5.89 Å². The predicted octanol–water partition coefficient (Wildman–Crippen LogP) is 3.66. The van der Waals surface area contributed by atoms with Crippen molar-refractivity contribution >= 4 is 5.82 Å². The number of rotatable bonds is 7. The van der Waals surface area contributed by atoms with Crippen LogP contribution < -0.4 is 4.90 Å². The Morgan fingerprint density at radius 1 is 1.00 bits per heavy atom. The van der Waals surface area contributed by atoms with Crippen LogP contribution in [0.5, 0.6) is 0 Å². The fourth-order valence-corrected chi connectivity index (χ4v) is 3.95. The second kappa shape index (κ2) is 9.82. The quantitative estimate of drug-likeness (QED) is 0.393. The molecule has 182 valence electrons. The summed E-state index contributed by atoms with van der Waals surface area (Å²) in [6.07, 6.45) is -1.18. The summed E-state index contributed by atoms with van der Waals surface area (Å²) in [6, 6.07) is 10.0. The lowest BCUT2D eigenvalue weighted by Crippen LogP contribution is -2.46. The molecule has 0 radical (unpaired) electrons. The van der Waals surface area contributed by atoms with Crippen molar-refractivity contribution in [3.8, 4) is 22.8 Å². The van der Waals surface area contributed by atoms with Crippen molar-refractivity contribution in [3.05, 3.63) is 59.9 Å². The Bertz CT molecular complexity index is 1300. The van der Waals surface area contributed by atoms with Gasteiger partial charge in [0.05, 0.1) is 18.4 Å². The Hall–Kier alpha value is -3.80. The molecule has 0 spiro atoms. The molecule has 0 amide bonds. The number of aromatic nitrogens is 6. The van der Waals surface area contributed by atoms with E-state index in [1.807, 2.05) is 18.2 Å². The van der Waals surface area contributed by atoms with Crippen molar-refractivity contribution in [2.45, 2.75) is 19.9 Å². The summed E-state index contributed by atoms with van der Waals surface area (Å²) in [6.45, 7) is 7.18. The highest BCUT2D eigenvalue weighted by Gasteiger charge is 2.19. The van der Waals surface area contributed by atoms with E-state index >= 15 is 0 Å². The van der Waals surface area contributed by atoms with E-state index < -0.39 is 18.1 Å². The van der Waals surface area contributed by atoms with Crippen molar-refractivity contribution in [1.29, 1.82) is 0 Å². The van der Waals surface area contributed by atoms with E-state index in [1.54, 1.807) is 6.20 Å². The molecule has 0 bridgehead atoms. The number of hydrogen-bond donors (Lipinski definition) is 0. The largest absolute Gasteiger partial charge is 0.415 e. The molecule has 35 heavy (non-hydrogen) atoms. The van der Waals surface area contributed by atoms with Crippen LogP contribution >= 0.6 is 0 Å². The van der Waals surface area contributed by atoms with E-state index in [1.165, 1.54) is 22.9 Å². The van der Waals surface area contributed by atoms with Crippen LogP contribution in [0.3, 0.4) is 0 Å². The Morgan fingerprint density at radius 3 is 2.54 bits per heavy atom. The number of piperazine rings is 1. The predicted molar refractivity (Wildman–Crippen MR) is 121 cm³/mol. The van der Waals surface area contributed by atoms with Gasteiger partial charge in [-0.1, -0.05) is 24.3 Å². The van der Waals surface area contributed by atoms with E-state index in [2.05, 4.69) is 37.2 Å². The minimum Gasteiger partial charge on any atom is -0.415 e. The Kier molecular flexibility index (Phi) is 6.45. The summed E-state index contributed by atoms with van der Waals surface area (Å²) in [5.41, 5.74) is 1.83. The van der Waals surface area contributed by atoms with Crippen LogP contribution in [0.2, 0.25) is 0 Å². The summed E-state index contributed by atoms with van der Waals surface area (Å²) in [5, 5.41) is 15.1. The van der Waals surface area contributed by atoms with Gasteiger partial charge >= 0.3 is 6.43 Å². The summed E-state index contributed by atoms with van der Waals surface area (Å²) >= 11 is 0. The Balaban J connectivity index is 1.29. The number of hydrogen-bond acceptors (Lipinski definition) is 8. The zero-order chi connectivity index (χ0) is 24.4. The third-order valence-electron chi connectivity index (χ3n) is 5.94. The first-order valence-electron chi connectivity index (χ1n) is 11.3. The first-order valence-corrected chi connectivity index (χ1v) is 11.3. The van der Waals surface area contributed by atoms with E-state index in [0.717, 1.165) is 38.5 Å². The molecular weight excluding hydrogens is 461 g/mol. The van der Waals surface area contributed by atoms with Crippen LogP contribution in [0.15, 0.2) is 47.0 Å². The molecule has 3 aromatic heterocycles. The molecule has 4 aromatic rings. The molecule has 5 rings (SSSR count). The van der Waals surface area contributed by atoms with Gasteiger partial charge in [-0.25, -0.2) is 14.1 Å². The van der Waals surface area contributed by atoms with Gasteiger partial charge in [0, 0.05) is 37.3 Å². The number of halogens is 3. The lowest BCUT2D eigenvalue weighted by Gasteiger charge is -2.34. The van der Waals surface area contributed by atoms with Crippen molar-refractivity contribution in [2.75, 3.05) is 37.6 Å². The number of pyridine rings is 1. The lowest BCUT2D eigenvalue weighted by atomic mass is 10.1. The highest BCUT2D eigenvalue weighted by Crippen LogP contribution is 2.25. The summed E-state index contributed by atoms with van der Waals surface area (Å²) in [4.78, 5) is 9.41. The molecule has 1 aliphatic heterocycles. The fourth-order valence-electron chi connectivity index (χ4n) is 3.95. The van der Waals surface area contributed by atoms with Gasteiger partial charge in [0.1, 0.15) is 17.3 Å². The van der Waals surface area contributed by atoms with Crippen LogP contribution in [0.1, 0.15) is 24.8 Å². The van der Waals surface area contributed by atoms with Crippen LogP contribution in [-0.4, -0.2) is 67.8 Å². The molecule has 1 saturated heterocycles. The molecule has 12 heteroatoms. The average Bonchev–Trinajstić information content (AvgIpc) is 3.56. The maximum atomic E-state index is 14.7. The fraction of sp³-hybridized carbons (Fsp3) is 0.348. The monoisotopic (exact) mass is 484 g/mol. The first kappa shape index (κ1) is 23.0. The summed E-state index contributed by atoms with van der Waals surface area (Å²) in [7, 11) is 0. The lowest BCUT2D eigenvalue weighted by molar-refractivity contribution is 0.116. The minimum absolute atomic E-state index is 0.129. The zero-order valence-electron chi connectivity index (χ0n) is 19.0. The third-order valence-corrected chi connectivity index (χ3v) is 5.94. The van der Waals surface area contributed by atoms with Crippen LogP contribution in [0.4, 0.5) is 19.0 Å². The van der Waals surface area contributed by atoms with Gasteiger partial charge in [-0.2, -0.15) is 8.78 Å². The first-order chi connectivity index (χ1) is 17.0. The second-order valence-corrected chi connectivity index (χ2v) is 8.16. The van der Waals surface area contributed by atoms with E-state index in [0.29, 0.717) is 17.0 Å². The summed E-state index contributed by atoms with van der Waals surface area (Å²) < 4.78 is 46.4. The highest BCUT2D eigenvalue weighted by atomic mass is 19.3. The number of nitrogens with zero attached hydrogens (tertiary/aromatic N) is 8. The molecule has 1 fully saturated rings. The zero-order valence-corrected chi connectivity index (χ0v) is 19.0. The van der Waals surface area contributed by atoms with Crippen LogP contribution in [0, 0.1) is 5.82 Å². The molecule has 0 atom stereocenters. The smallest absolute Gasteiger partial charge is 0.314 e. The number of alkyl halides is 2.